The highest BCUT2D eigenvalue weighted by atomic mass is 79.9. The summed E-state index contributed by atoms with van der Waals surface area (Å²) in [6, 6.07) is 7.87. The van der Waals surface area contributed by atoms with Gasteiger partial charge in [0.1, 0.15) is 0 Å². The van der Waals surface area contributed by atoms with Crippen molar-refractivity contribution in [3.05, 3.63) is 50.4 Å². The number of hydrogen-bond acceptors (Lipinski definition) is 3. The van der Waals surface area contributed by atoms with Crippen LogP contribution in [0.3, 0.4) is 0 Å². The first-order chi connectivity index (χ1) is 7.65. The van der Waals surface area contributed by atoms with Crippen LogP contribution in [0.2, 0.25) is 0 Å². The zero-order valence-electron chi connectivity index (χ0n) is 8.85. The first-order valence-electron chi connectivity index (χ1n) is 5.00. The van der Waals surface area contributed by atoms with Crippen molar-refractivity contribution in [2.45, 2.75) is 19.4 Å². The molecule has 0 bridgehead atoms. The second-order valence-electron chi connectivity index (χ2n) is 3.64. The number of aliphatic hydroxyl groups excluding tert-OH is 1. The number of thiophene rings is 1. The Morgan fingerprint density at radius 3 is 2.75 bits per heavy atom. The molecular formula is C12H12BrNOS. The molecule has 0 spiro atoms. The van der Waals surface area contributed by atoms with E-state index in [1.165, 1.54) is 4.88 Å². The molecule has 0 aliphatic heterocycles. The second kappa shape index (κ2) is 5.08. The van der Waals surface area contributed by atoms with E-state index in [9.17, 15) is 5.11 Å². The second-order valence-corrected chi connectivity index (χ2v) is 5.87. The Bertz CT molecular complexity index is 466. The summed E-state index contributed by atoms with van der Waals surface area (Å²) >= 11 is 4.97. The average molecular weight is 298 g/mol. The Morgan fingerprint density at radius 2 is 2.19 bits per heavy atom. The van der Waals surface area contributed by atoms with Crippen LogP contribution in [0.4, 0.5) is 0 Å². The average Bonchev–Trinajstić information content (AvgIpc) is 2.68. The van der Waals surface area contributed by atoms with Crippen LogP contribution in [0.5, 0.6) is 0 Å². The number of halogens is 1. The normalized spacial score (nSPS) is 12.7. The van der Waals surface area contributed by atoms with Gasteiger partial charge in [-0.15, -0.1) is 11.3 Å². The largest absolute Gasteiger partial charge is 0.387 e. The quantitative estimate of drug-likeness (QED) is 0.941. The fraction of sp³-hybridized carbons (Fsp3) is 0.250. The van der Waals surface area contributed by atoms with Crippen molar-refractivity contribution in [2.24, 2.45) is 0 Å². The highest BCUT2D eigenvalue weighted by Gasteiger charge is 2.11. The van der Waals surface area contributed by atoms with E-state index in [0.29, 0.717) is 6.42 Å². The van der Waals surface area contributed by atoms with Crippen molar-refractivity contribution >= 4 is 27.3 Å². The minimum atomic E-state index is -0.452. The molecule has 0 aliphatic rings. The van der Waals surface area contributed by atoms with Gasteiger partial charge in [0.05, 0.1) is 6.10 Å². The summed E-state index contributed by atoms with van der Waals surface area (Å²) in [4.78, 5) is 6.47. The van der Waals surface area contributed by atoms with Gasteiger partial charge in [-0.25, -0.2) is 0 Å². The molecule has 16 heavy (non-hydrogen) atoms. The molecular weight excluding hydrogens is 286 g/mol. The van der Waals surface area contributed by atoms with Crippen molar-refractivity contribution in [3.63, 3.8) is 0 Å². The molecule has 1 N–H and O–H groups in total. The van der Waals surface area contributed by atoms with Crippen LogP contribution in [0.25, 0.3) is 0 Å². The Morgan fingerprint density at radius 1 is 1.38 bits per heavy atom. The third kappa shape index (κ3) is 2.90. The Hall–Kier alpha value is -0.710. The molecule has 0 saturated heterocycles. The van der Waals surface area contributed by atoms with E-state index in [4.69, 9.17) is 0 Å². The lowest BCUT2D eigenvalue weighted by Gasteiger charge is -2.07. The lowest BCUT2D eigenvalue weighted by Crippen LogP contribution is -2.01. The molecule has 0 aliphatic carbocycles. The lowest BCUT2D eigenvalue weighted by molar-refractivity contribution is 0.181. The van der Waals surface area contributed by atoms with E-state index in [-0.39, 0.29) is 0 Å². The maximum Gasteiger partial charge on any atom is 0.0937 e. The fourth-order valence-electron chi connectivity index (χ4n) is 1.46. The van der Waals surface area contributed by atoms with Gasteiger partial charge < -0.3 is 5.11 Å². The zero-order valence-corrected chi connectivity index (χ0v) is 11.3. The van der Waals surface area contributed by atoms with Crippen molar-refractivity contribution in [1.82, 2.24) is 4.98 Å². The van der Waals surface area contributed by atoms with Gasteiger partial charge in [0.2, 0.25) is 0 Å². The molecule has 0 radical (unpaired) electrons. The van der Waals surface area contributed by atoms with Gasteiger partial charge in [-0.2, -0.15) is 0 Å². The summed E-state index contributed by atoms with van der Waals surface area (Å²) in [5.74, 6) is 0. The molecule has 2 nitrogen and oxygen atoms in total. The van der Waals surface area contributed by atoms with Crippen molar-refractivity contribution in [2.75, 3.05) is 0 Å². The van der Waals surface area contributed by atoms with Gasteiger partial charge in [-0.05, 0) is 47.1 Å². The van der Waals surface area contributed by atoms with Gasteiger partial charge in [0.15, 0.2) is 0 Å². The number of nitrogens with zero attached hydrogens (tertiary/aromatic N) is 1. The Kier molecular flexibility index (Phi) is 3.74. The molecule has 2 rings (SSSR count). The summed E-state index contributed by atoms with van der Waals surface area (Å²) in [6.07, 6.45) is 1.86. The van der Waals surface area contributed by atoms with E-state index in [2.05, 4.69) is 20.9 Å². The molecule has 0 saturated carbocycles. The van der Waals surface area contributed by atoms with E-state index >= 15 is 0 Å². The van der Waals surface area contributed by atoms with Crippen LogP contribution in [0, 0.1) is 6.92 Å². The highest BCUT2D eigenvalue weighted by molar-refractivity contribution is 9.10. The third-order valence-corrected chi connectivity index (χ3v) is 3.85. The fourth-order valence-corrected chi connectivity index (χ4v) is 2.56. The molecule has 1 atom stereocenters. The molecule has 2 heterocycles. The molecule has 2 aromatic rings. The Labute approximate surface area is 107 Å². The topological polar surface area (TPSA) is 33.1 Å². The summed E-state index contributed by atoms with van der Waals surface area (Å²) in [6.45, 7) is 2.04. The van der Waals surface area contributed by atoms with Gasteiger partial charge in [0.25, 0.3) is 0 Å². The standard InChI is InChI=1S/C12H12BrNOS/c1-8-2-5-12(16-8)11(15)6-10-4-3-9(13)7-14-10/h2-5,7,11,15H,6H2,1H3. The number of aromatic nitrogens is 1. The molecule has 0 aromatic carbocycles. The SMILES string of the molecule is Cc1ccc(C(O)Cc2ccc(Br)cn2)s1. The van der Waals surface area contributed by atoms with Crippen molar-refractivity contribution in [3.8, 4) is 0 Å². The van der Waals surface area contributed by atoms with Crippen LogP contribution in [0.15, 0.2) is 34.9 Å². The van der Waals surface area contributed by atoms with Crippen molar-refractivity contribution < 1.29 is 5.11 Å². The van der Waals surface area contributed by atoms with E-state index in [1.54, 1.807) is 17.5 Å². The summed E-state index contributed by atoms with van der Waals surface area (Å²) in [5, 5.41) is 10.0. The van der Waals surface area contributed by atoms with Gasteiger partial charge >= 0.3 is 0 Å². The number of aliphatic hydroxyl groups is 1. The Balaban J connectivity index is 2.07. The predicted molar refractivity (Wildman–Crippen MR) is 69.7 cm³/mol. The highest BCUT2D eigenvalue weighted by Crippen LogP contribution is 2.25. The molecule has 0 fully saturated rings. The molecule has 4 heteroatoms. The third-order valence-electron chi connectivity index (χ3n) is 2.28. The summed E-state index contributed by atoms with van der Waals surface area (Å²) in [7, 11) is 0. The minimum Gasteiger partial charge on any atom is -0.387 e. The van der Waals surface area contributed by atoms with Crippen LogP contribution >= 0.6 is 27.3 Å². The first kappa shape index (κ1) is 11.8. The van der Waals surface area contributed by atoms with Gasteiger partial charge in [0, 0.05) is 32.5 Å². The van der Waals surface area contributed by atoms with Crippen LogP contribution < -0.4 is 0 Å². The molecule has 1 unspecified atom stereocenters. The van der Waals surface area contributed by atoms with Gasteiger partial charge in [-0.1, -0.05) is 0 Å². The number of aryl methyl sites for hydroxylation is 1. The van der Waals surface area contributed by atoms with Crippen LogP contribution in [-0.4, -0.2) is 10.1 Å². The van der Waals surface area contributed by atoms with Crippen LogP contribution in [0.1, 0.15) is 21.6 Å². The molecule has 2 aromatic heterocycles. The monoisotopic (exact) mass is 297 g/mol. The van der Waals surface area contributed by atoms with Crippen LogP contribution in [-0.2, 0) is 6.42 Å². The molecule has 84 valence electrons. The summed E-state index contributed by atoms with van der Waals surface area (Å²) < 4.78 is 0.956. The maximum atomic E-state index is 10.0. The number of hydrogen-bond donors (Lipinski definition) is 1. The summed E-state index contributed by atoms with van der Waals surface area (Å²) in [5.41, 5.74) is 0.904. The minimum absolute atomic E-state index is 0.452. The van der Waals surface area contributed by atoms with E-state index in [1.807, 2.05) is 31.2 Å². The zero-order chi connectivity index (χ0) is 11.5. The van der Waals surface area contributed by atoms with Crippen molar-refractivity contribution in [1.29, 1.82) is 0 Å². The molecule has 0 amide bonds. The maximum absolute atomic E-state index is 10.0. The van der Waals surface area contributed by atoms with Gasteiger partial charge in [-0.3, -0.25) is 4.98 Å². The van der Waals surface area contributed by atoms with E-state index < -0.39 is 6.10 Å². The van der Waals surface area contributed by atoms with E-state index in [0.717, 1.165) is 15.0 Å². The first-order valence-corrected chi connectivity index (χ1v) is 6.61. The number of rotatable bonds is 3. The smallest absolute Gasteiger partial charge is 0.0937 e. The lowest BCUT2D eigenvalue weighted by atomic mass is 10.1. The predicted octanol–water partition coefficient (Wildman–Crippen LogP) is 3.49. The number of pyridine rings is 1.